The van der Waals surface area contributed by atoms with Gasteiger partial charge in [0.1, 0.15) is 23.9 Å². The van der Waals surface area contributed by atoms with Gasteiger partial charge < -0.3 is 14.8 Å². The molecule has 2 aromatic rings. The summed E-state index contributed by atoms with van der Waals surface area (Å²) in [6.45, 7) is 12.5. The first-order valence-corrected chi connectivity index (χ1v) is 14.4. The fourth-order valence-electron chi connectivity index (χ4n) is 4.29. The molecule has 6 heteroatoms. The van der Waals surface area contributed by atoms with Crippen LogP contribution in [-0.2, 0) is 6.54 Å². The van der Waals surface area contributed by atoms with Gasteiger partial charge in [-0.3, -0.25) is 10.4 Å². The molecule has 2 aliphatic rings. The van der Waals surface area contributed by atoms with Crippen LogP contribution in [0.4, 0.5) is 4.39 Å². The molecule has 0 unspecified atom stereocenters. The molecule has 0 radical (unpaired) electrons. The maximum absolute atomic E-state index is 15.8. The normalized spacial score (nSPS) is 18.7. The Morgan fingerprint density at radius 1 is 1.26 bits per heavy atom. The second-order valence-electron chi connectivity index (χ2n) is 9.39. The molecule has 0 saturated carbocycles. The molecule has 0 aliphatic carbocycles. The second-order valence-corrected chi connectivity index (χ2v) is 14.1. The van der Waals surface area contributed by atoms with Crippen molar-refractivity contribution in [2.24, 2.45) is 0 Å². The number of benzene rings is 2. The van der Waals surface area contributed by atoms with E-state index >= 15 is 4.39 Å². The fourth-order valence-corrected chi connectivity index (χ4v) is 4.79. The van der Waals surface area contributed by atoms with Crippen LogP contribution in [0.1, 0.15) is 16.7 Å². The summed E-state index contributed by atoms with van der Waals surface area (Å²) < 4.78 is 27.8. The average Bonchev–Trinajstić information content (AvgIpc) is 2.90. The molecule has 4 nitrogen and oxygen atoms in total. The maximum Gasteiger partial charge on any atom is 0.140 e. The van der Waals surface area contributed by atoms with Crippen molar-refractivity contribution in [3.8, 4) is 34.1 Å². The van der Waals surface area contributed by atoms with Gasteiger partial charge in [0, 0.05) is 42.9 Å². The minimum Gasteiger partial charge on any atom is -0.496 e. The highest BCUT2D eigenvalue weighted by Crippen LogP contribution is 2.42. The van der Waals surface area contributed by atoms with Crippen molar-refractivity contribution < 1.29 is 13.9 Å². The number of methoxy groups -OCH3 is 1. The first-order valence-electron chi connectivity index (χ1n) is 10.9. The van der Waals surface area contributed by atoms with Crippen LogP contribution >= 0.6 is 0 Å². The van der Waals surface area contributed by atoms with Crippen molar-refractivity contribution in [2.45, 2.75) is 39.2 Å². The molecule has 2 heterocycles. The maximum atomic E-state index is 15.8. The molecule has 1 fully saturated rings. The van der Waals surface area contributed by atoms with Crippen LogP contribution in [0, 0.1) is 24.2 Å². The Morgan fingerprint density at radius 3 is 2.81 bits per heavy atom. The molecular weight excluding hydrogens is 407 g/mol. The van der Waals surface area contributed by atoms with E-state index in [-0.39, 0.29) is 11.9 Å². The second kappa shape index (κ2) is 8.66. The minimum absolute atomic E-state index is 0.275. The van der Waals surface area contributed by atoms with E-state index in [2.05, 4.69) is 41.3 Å². The van der Waals surface area contributed by atoms with Crippen molar-refractivity contribution in [1.29, 1.82) is 0 Å². The van der Waals surface area contributed by atoms with Crippen molar-refractivity contribution in [3.05, 3.63) is 46.8 Å². The van der Waals surface area contributed by atoms with Gasteiger partial charge in [-0.2, -0.15) is 19.6 Å². The van der Waals surface area contributed by atoms with Gasteiger partial charge in [0.25, 0.3) is 0 Å². The van der Waals surface area contributed by atoms with Crippen LogP contribution in [-0.4, -0.2) is 52.4 Å². The molecule has 1 atom stereocenters. The Kier molecular flexibility index (Phi) is 6.11. The molecule has 0 amide bonds. The van der Waals surface area contributed by atoms with Crippen LogP contribution in [0.25, 0.3) is 11.1 Å². The topological polar surface area (TPSA) is 33.7 Å². The zero-order chi connectivity index (χ0) is 22.2. The van der Waals surface area contributed by atoms with Crippen molar-refractivity contribution in [1.82, 2.24) is 10.2 Å². The van der Waals surface area contributed by atoms with Gasteiger partial charge in [-0.05, 0) is 24.6 Å². The number of piperazine rings is 1. The summed E-state index contributed by atoms with van der Waals surface area (Å²) in [4.78, 5) is 2.38. The number of nitrogens with zero attached hydrogens (tertiary/aromatic N) is 1. The average molecular weight is 439 g/mol. The standard InChI is InChI=1S/C25H31FN2O2Si/c1-17-7-6-8-22(29-2)23(17)24-20(9-12-31(3,4)5)25-18(13-21(24)26)15-28-11-10-27-14-19(28)16-30-25/h6-8,13,19,27H,10-11,14-16H2,1-5H3/q-1/t19-/m1/s1. The Labute approximate surface area is 185 Å². The van der Waals surface area contributed by atoms with E-state index in [4.69, 9.17) is 9.47 Å². The molecule has 0 spiro atoms. The van der Waals surface area contributed by atoms with Crippen LogP contribution in [0.15, 0.2) is 24.3 Å². The molecule has 4 rings (SSSR count). The van der Waals surface area contributed by atoms with E-state index in [1.165, 1.54) is 0 Å². The number of aryl methyl sites for hydroxylation is 1. The summed E-state index contributed by atoms with van der Waals surface area (Å²) in [7, 11) is -0.0766. The third-order valence-electron chi connectivity index (χ3n) is 5.84. The number of hydrogen-bond acceptors (Lipinski definition) is 4. The van der Waals surface area contributed by atoms with Gasteiger partial charge in [-0.15, -0.1) is 5.92 Å². The van der Waals surface area contributed by atoms with Crippen LogP contribution in [0.5, 0.6) is 11.5 Å². The largest absolute Gasteiger partial charge is 0.496 e. The molecule has 0 bridgehead atoms. The summed E-state index contributed by atoms with van der Waals surface area (Å²) in [5.41, 5.74) is 7.15. The summed E-state index contributed by atoms with van der Waals surface area (Å²) in [6, 6.07) is 7.69. The minimum atomic E-state index is -1.70. The highest BCUT2D eigenvalue weighted by atomic mass is 28.3. The zero-order valence-electron chi connectivity index (χ0n) is 19.1. The molecule has 165 valence electrons. The van der Waals surface area contributed by atoms with E-state index in [0.29, 0.717) is 30.0 Å². The Hall–Kier alpha value is -2.33. The molecule has 2 aliphatic heterocycles. The van der Waals surface area contributed by atoms with Gasteiger partial charge in [0.2, 0.25) is 0 Å². The molecule has 1 saturated heterocycles. The predicted octanol–water partition coefficient (Wildman–Crippen LogP) is 4.20. The Balaban J connectivity index is 1.97. The van der Waals surface area contributed by atoms with Gasteiger partial charge in [0.05, 0.1) is 18.7 Å². The predicted molar refractivity (Wildman–Crippen MR) is 126 cm³/mol. The molecule has 31 heavy (non-hydrogen) atoms. The van der Waals surface area contributed by atoms with Crippen molar-refractivity contribution in [3.63, 3.8) is 0 Å². The first kappa shape index (κ1) is 21.9. The van der Waals surface area contributed by atoms with E-state index in [1.807, 2.05) is 25.1 Å². The zero-order valence-corrected chi connectivity index (χ0v) is 20.1. The van der Waals surface area contributed by atoms with Crippen molar-refractivity contribution in [2.75, 3.05) is 33.4 Å². The van der Waals surface area contributed by atoms with Crippen LogP contribution in [0.2, 0.25) is 19.6 Å². The van der Waals surface area contributed by atoms with Gasteiger partial charge in [0.15, 0.2) is 0 Å². The van der Waals surface area contributed by atoms with Gasteiger partial charge in [-0.25, -0.2) is 4.39 Å². The van der Waals surface area contributed by atoms with Gasteiger partial charge in [-0.1, -0.05) is 20.2 Å². The molecule has 1 N–H and O–H groups in total. The first-order chi connectivity index (χ1) is 14.8. The lowest BCUT2D eigenvalue weighted by molar-refractivity contribution is 0.120. The highest BCUT2D eigenvalue weighted by Gasteiger charge is 2.31. The smallest absolute Gasteiger partial charge is 0.140 e. The summed E-state index contributed by atoms with van der Waals surface area (Å²) in [6.07, 6.45) is 0. The van der Waals surface area contributed by atoms with Crippen molar-refractivity contribution >= 4 is 8.07 Å². The fraction of sp³-hybridized carbons (Fsp3) is 0.440. The van der Waals surface area contributed by atoms with E-state index in [9.17, 15) is 0 Å². The van der Waals surface area contributed by atoms with E-state index in [1.54, 1.807) is 13.2 Å². The van der Waals surface area contributed by atoms with Crippen LogP contribution < -0.4 is 14.8 Å². The summed E-state index contributed by atoms with van der Waals surface area (Å²) in [5, 5.41) is 3.43. The number of rotatable bonds is 2. The monoisotopic (exact) mass is 438 g/mol. The summed E-state index contributed by atoms with van der Waals surface area (Å²) in [5.74, 6) is 4.46. The van der Waals surface area contributed by atoms with Gasteiger partial charge >= 0.3 is 0 Å². The molecular formula is C25H31FN2O2Si-. The highest BCUT2D eigenvalue weighted by molar-refractivity contribution is 6.83. The lowest BCUT2D eigenvalue weighted by atomic mass is 9.92. The molecule has 0 aromatic heterocycles. The Morgan fingerprint density at radius 2 is 2.06 bits per heavy atom. The number of ether oxygens (including phenoxy) is 2. The Bertz CT molecular complexity index is 1050. The van der Waals surface area contributed by atoms with E-state index < -0.39 is 8.07 Å². The third kappa shape index (κ3) is 4.50. The lowest BCUT2D eigenvalue weighted by Gasteiger charge is -2.33. The number of halogens is 1. The number of hydrogen-bond donors (Lipinski definition) is 1. The lowest BCUT2D eigenvalue weighted by Crippen LogP contribution is -2.52. The molecule has 2 aromatic carbocycles. The number of fused-ring (bicyclic) bond motifs is 2. The van der Waals surface area contributed by atoms with Crippen LogP contribution in [0.3, 0.4) is 0 Å². The third-order valence-corrected chi connectivity index (χ3v) is 6.72. The van der Waals surface area contributed by atoms with E-state index in [0.717, 1.165) is 42.1 Å². The number of nitrogens with one attached hydrogen (secondary N) is 1. The SMILES string of the molecule is COc1cccc(C)c1-c1c(F)cc2c(c1C#C[Si-](C)(C)C)OC[C@H]1CNCCN1C2. The quantitative estimate of drug-likeness (QED) is 0.563. The summed E-state index contributed by atoms with van der Waals surface area (Å²) >= 11 is 0.